The van der Waals surface area contributed by atoms with Crippen molar-refractivity contribution in [3.63, 3.8) is 0 Å². The lowest BCUT2D eigenvalue weighted by atomic mass is 9.98. The van der Waals surface area contributed by atoms with E-state index in [4.69, 9.17) is 37.9 Å². The van der Waals surface area contributed by atoms with Gasteiger partial charge in [0, 0.05) is 27.7 Å². The highest BCUT2D eigenvalue weighted by Crippen LogP contribution is 2.35. The largest absolute Gasteiger partial charge is 0.460 e. The van der Waals surface area contributed by atoms with Gasteiger partial charge < -0.3 is 43.0 Å². The van der Waals surface area contributed by atoms with E-state index in [0.717, 1.165) is 13.8 Å². The highest BCUT2D eigenvalue weighted by molar-refractivity contribution is 5.68. The van der Waals surface area contributed by atoms with Crippen molar-refractivity contribution in [2.45, 2.75) is 103 Å². The lowest BCUT2D eigenvalue weighted by Crippen LogP contribution is -2.62. The summed E-state index contributed by atoms with van der Waals surface area (Å²) in [5.41, 5.74) is 0. The molecule has 2 saturated heterocycles. The molecule has 0 bridgehead atoms. The molecule has 2 heterocycles. The Hall–Kier alpha value is -2.58. The van der Waals surface area contributed by atoms with Gasteiger partial charge in [0.2, 0.25) is 0 Å². The van der Waals surface area contributed by atoms with Crippen molar-refractivity contribution in [1.29, 1.82) is 0 Å². The second kappa shape index (κ2) is 13.1. The van der Waals surface area contributed by atoms with E-state index >= 15 is 0 Å². The van der Waals surface area contributed by atoms with Crippen LogP contribution in [0.2, 0.25) is 0 Å². The Kier molecular flexibility index (Phi) is 10.8. The van der Waals surface area contributed by atoms with Crippen LogP contribution in [-0.4, -0.2) is 97.0 Å². The van der Waals surface area contributed by atoms with Crippen molar-refractivity contribution in [3.8, 4) is 0 Å². The molecule has 0 saturated carbocycles. The summed E-state index contributed by atoms with van der Waals surface area (Å²) < 4.78 is 44.5. The molecule has 2 aliphatic heterocycles. The van der Waals surface area contributed by atoms with Crippen molar-refractivity contribution in [2.24, 2.45) is 0 Å². The van der Waals surface area contributed by atoms with Gasteiger partial charge in [0.05, 0.1) is 12.7 Å². The molecule has 204 valence electrons. The predicted octanol–water partition coefficient (Wildman–Crippen LogP) is 0.152. The molecule has 0 amide bonds. The number of rotatable bonds is 10. The van der Waals surface area contributed by atoms with Crippen LogP contribution in [0.1, 0.15) is 41.5 Å². The van der Waals surface area contributed by atoms with E-state index in [1.807, 2.05) is 0 Å². The third kappa shape index (κ3) is 7.71. The third-order valence-electron chi connectivity index (χ3n) is 5.37. The molecule has 0 aliphatic carbocycles. The van der Waals surface area contributed by atoms with E-state index in [1.54, 1.807) is 6.92 Å². The summed E-state index contributed by atoms with van der Waals surface area (Å²) in [6, 6.07) is 0. The summed E-state index contributed by atoms with van der Waals surface area (Å²) in [6.07, 6.45) is -10.2. The van der Waals surface area contributed by atoms with Gasteiger partial charge in [-0.15, -0.1) is 6.58 Å². The molecule has 13 nitrogen and oxygen atoms in total. The number of aliphatic hydroxyl groups excluding tert-OH is 1. The SMILES string of the molecule is C=CCO[C@@H]1[C@H](O[C@@H]2O[C@@H](C)[C@H](OC(C)=O)[C@@H](OC(C)=O)[C@H]2OC(C)=O)[C@H]([C@H](C)OC(C)=O)O[C@H]1O. The zero-order chi connectivity index (χ0) is 27.2. The van der Waals surface area contributed by atoms with Crippen molar-refractivity contribution >= 4 is 23.9 Å². The van der Waals surface area contributed by atoms with Crippen molar-refractivity contribution in [2.75, 3.05) is 6.61 Å². The quantitative estimate of drug-likeness (QED) is 0.236. The summed E-state index contributed by atoms with van der Waals surface area (Å²) in [6.45, 7) is 11.3. The summed E-state index contributed by atoms with van der Waals surface area (Å²) in [4.78, 5) is 47.0. The van der Waals surface area contributed by atoms with Gasteiger partial charge in [0.25, 0.3) is 0 Å². The first-order chi connectivity index (χ1) is 16.8. The molecule has 13 heteroatoms. The Labute approximate surface area is 208 Å². The molecule has 0 radical (unpaired) electrons. The van der Waals surface area contributed by atoms with Crippen LogP contribution in [0.25, 0.3) is 0 Å². The van der Waals surface area contributed by atoms with Crippen LogP contribution in [0.3, 0.4) is 0 Å². The number of esters is 4. The monoisotopic (exact) mass is 518 g/mol. The van der Waals surface area contributed by atoms with E-state index in [0.29, 0.717) is 0 Å². The molecule has 36 heavy (non-hydrogen) atoms. The zero-order valence-corrected chi connectivity index (χ0v) is 21.1. The van der Waals surface area contributed by atoms with Gasteiger partial charge in [0.1, 0.15) is 24.4 Å². The van der Waals surface area contributed by atoms with Crippen LogP contribution in [0.4, 0.5) is 0 Å². The summed E-state index contributed by atoms with van der Waals surface area (Å²) >= 11 is 0. The zero-order valence-electron chi connectivity index (χ0n) is 21.1. The van der Waals surface area contributed by atoms with Crippen LogP contribution < -0.4 is 0 Å². The van der Waals surface area contributed by atoms with E-state index in [1.165, 1.54) is 26.8 Å². The molecule has 10 atom stereocenters. The van der Waals surface area contributed by atoms with Crippen LogP contribution in [-0.2, 0) is 57.1 Å². The lowest BCUT2D eigenvalue weighted by molar-refractivity contribution is -0.318. The molecule has 0 aromatic rings. The number of hydrogen-bond donors (Lipinski definition) is 1. The number of carbonyl (C=O) groups excluding carboxylic acids is 4. The first kappa shape index (κ1) is 29.6. The maximum absolute atomic E-state index is 11.9. The van der Waals surface area contributed by atoms with Gasteiger partial charge in [-0.2, -0.15) is 0 Å². The Morgan fingerprint density at radius 1 is 0.861 bits per heavy atom. The van der Waals surface area contributed by atoms with E-state index < -0.39 is 85.3 Å². The Balaban J connectivity index is 2.43. The predicted molar refractivity (Wildman–Crippen MR) is 118 cm³/mol. The van der Waals surface area contributed by atoms with Gasteiger partial charge in [0.15, 0.2) is 30.9 Å². The molecule has 2 rings (SSSR count). The summed E-state index contributed by atoms with van der Waals surface area (Å²) in [5, 5.41) is 10.5. The highest BCUT2D eigenvalue weighted by atomic mass is 16.8. The minimum atomic E-state index is -1.47. The van der Waals surface area contributed by atoms with Gasteiger partial charge in [-0.25, -0.2) is 0 Å². The fourth-order valence-electron chi connectivity index (χ4n) is 4.12. The molecule has 2 aliphatic rings. The summed E-state index contributed by atoms with van der Waals surface area (Å²) in [5.74, 6) is -2.74. The van der Waals surface area contributed by atoms with Gasteiger partial charge in [-0.1, -0.05) is 6.08 Å². The average molecular weight is 519 g/mol. The molecule has 1 N–H and O–H groups in total. The third-order valence-corrected chi connectivity index (χ3v) is 5.37. The first-order valence-electron chi connectivity index (χ1n) is 11.4. The first-order valence-corrected chi connectivity index (χ1v) is 11.4. The Bertz CT molecular complexity index is 814. The van der Waals surface area contributed by atoms with E-state index in [2.05, 4.69) is 6.58 Å². The van der Waals surface area contributed by atoms with Crippen molar-refractivity contribution in [3.05, 3.63) is 12.7 Å². The molecule has 2 fully saturated rings. The maximum Gasteiger partial charge on any atom is 0.303 e. The standard InChI is InChI=1S/C23H34O13/c1-8-9-29-20-18(17(35-22(20)28)10(2)30-12(4)24)36-23-21(34-15(7)27)19(33-14(6)26)16(11(3)31-23)32-13(5)25/h8,10-11,16-23,28H,1,9H2,2-7H3/t10-,11-,16-,17-,18+,19+,20+,21+,22+,23-/m0/s1. The van der Waals surface area contributed by atoms with Crippen molar-refractivity contribution < 1.29 is 62.2 Å². The minimum absolute atomic E-state index is 0.0273. The van der Waals surface area contributed by atoms with E-state index in [-0.39, 0.29) is 6.61 Å². The smallest absolute Gasteiger partial charge is 0.303 e. The lowest BCUT2D eigenvalue weighted by Gasteiger charge is -2.44. The molecular weight excluding hydrogens is 484 g/mol. The van der Waals surface area contributed by atoms with Gasteiger partial charge >= 0.3 is 23.9 Å². The van der Waals surface area contributed by atoms with Crippen LogP contribution in [0, 0.1) is 0 Å². The van der Waals surface area contributed by atoms with Gasteiger partial charge in [-0.3, -0.25) is 19.2 Å². The average Bonchev–Trinajstić information content (AvgIpc) is 3.05. The molecule has 0 unspecified atom stereocenters. The minimum Gasteiger partial charge on any atom is -0.460 e. The van der Waals surface area contributed by atoms with Gasteiger partial charge in [-0.05, 0) is 13.8 Å². The topological polar surface area (TPSA) is 162 Å². The molecular formula is C23H34O13. The van der Waals surface area contributed by atoms with Crippen LogP contribution in [0.15, 0.2) is 12.7 Å². The fourth-order valence-corrected chi connectivity index (χ4v) is 4.12. The second-order valence-electron chi connectivity index (χ2n) is 8.42. The Morgan fingerprint density at radius 2 is 1.42 bits per heavy atom. The number of hydrogen-bond acceptors (Lipinski definition) is 13. The maximum atomic E-state index is 11.9. The second-order valence-corrected chi connectivity index (χ2v) is 8.42. The fraction of sp³-hybridized carbons (Fsp3) is 0.739. The summed E-state index contributed by atoms with van der Waals surface area (Å²) in [7, 11) is 0. The van der Waals surface area contributed by atoms with Crippen molar-refractivity contribution in [1.82, 2.24) is 0 Å². The van der Waals surface area contributed by atoms with Crippen LogP contribution >= 0.6 is 0 Å². The highest BCUT2D eigenvalue weighted by Gasteiger charge is 2.55. The van der Waals surface area contributed by atoms with Crippen LogP contribution in [0.5, 0.6) is 0 Å². The normalized spacial score (nSPS) is 34.8. The van der Waals surface area contributed by atoms with E-state index in [9.17, 15) is 24.3 Å². The molecule has 0 aromatic carbocycles. The number of carbonyl (C=O) groups is 4. The molecule has 0 aromatic heterocycles. The number of ether oxygens (including phenoxy) is 8. The molecule has 0 spiro atoms. The number of aliphatic hydroxyl groups is 1. The Morgan fingerprint density at radius 3 is 1.94 bits per heavy atom.